The van der Waals surface area contributed by atoms with Gasteiger partial charge in [0.25, 0.3) is 7.82 Å². The van der Waals surface area contributed by atoms with Gasteiger partial charge in [0, 0.05) is 6.42 Å². The fraction of sp³-hybridized carbons (Fsp3) is 0.883. The van der Waals surface area contributed by atoms with Gasteiger partial charge in [-0.3, -0.25) is 9.36 Å². The molecule has 0 heterocycles. The molecule has 0 saturated heterocycles. The van der Waals surface area contributed by atoms with Gasteiger partial charge < -0.3 is 28.8 Å². The van der Waals surface area contributed by atoms with Crippen LogP contribution in [0.15, 0.2) is 48.6 Å². The maximum atomic E-state index is 13.1. The number of nitrogens with zero attached hydrogens (tertiary/aromatic N) is 1. The van der Waals surface area contributed by atoms with Crippen LogP contribution in [0.4, 0.5) is 0 Å². The van der Waals surface area contributed by atoms with Crippen molar-refractivity contribution in [3.05, 3.63) is 48.6 Å². The lowest BCUT2D eigenvalue weighted by Gasteiger charge is -2.29. The zero-order valence-electron chi connectivity index (χ0n) is 58.3. The van der Waals surface area contributed by atoms with E-state index in [9.17, 15) is 19.4 Å². The van der Waals surface area contributed by atoms with E-state index < -0.39 is 20.0 Å². The molecule has 0 spiro atoms. The van der Waals surface area contributed by atoms with Crippen molar-refractivity contribution in [2.75, 3.05) is 40.9 Å². The molecule has 3 unspecified atom stereocenters. The minimum Gasteiger partial charge on any atom is -0.756 e. The van der Waals surface area contributed by atoms with Crippen LogP contribution in [0.2, 0.25) is 0 Å². The van der Waals surface area contributed by atoms with E-state index in [4.69, 9.17) is 9.05 Å². The second kappa shape index (κ2) is 67.8. The van der Waals surface area contributed by atoms with Gasteiger partial charge in [0.2, 0.25) is 5.91 Å². The van der Waals surface area contributed by atoms with E-state index in [1.807, 2.05) is 27.2 Å². The largest absolute Gasteiger partial charge is 0.756 e. The highest BCUT2D eigenvalue weighted by Crippen LogP contribution is 2.38. The minimum absolute atomic E-state index is 0.000834. The van der Waals surface area contributed by atoms with E-state index in [0.29, 0.717) is 17.4 Å². The number of aliphatic hydroxyl groups excluding tert-OH is 1. The maximum absolute atomic E-state index is 13.1. The Labute approximate surface area is 537 Å². The lowest BCUT2D eigenvalue weighted by Crippen LogP contribution is -2.45. The van der Waals surface area contributed by atoms with Crippen molar-refractivity contribution in [1.82, 2.24) is 5.32 Å². The van der Waals surface area contributed by atoms with Crippen molar-refractivity contribution in [2.45, 2.75) is 398 Å². The van der Waals surface area contributed by atoms with Crippen molar-refractivity contribution in [1.29, 1.82) is 0 Å². The van der Waals surface area contributed by atoms with Crippen LogP contribution in [-0.2, 0) is 18.4 Å². The SMILES string of the molecule is CCCCCCC/C=C\C/C=C\C/C=C\CCCCCCCCCCCCCCCCCCCCCCCCC(=O)NC(COP(=O)([O-])OCC[N+](C)(C)C)C(O)/C=C/CCCCCCCCCCCCCCCCCCCCCCCCCCC. The Morgan fingerprint density at radius 2 is 0.674 bits per heavy atom. The molecule has 0 fully saturated rings. The van der Waals surface area contributed by atoms with E-state index in [2.05, 4.69) is 55.6 Å². The third-order valence-corrected chi connectivity index (χ3v) is 18.5. The van der Waals surface area contributed by atoms with Crippen LogP contribution >= 0.6 is 7.82 Å². The molecule has 0 saturated carbocycles. The molecule has 0 aliphatic carbocycles. The Morgan fingerprint density at radius 1 is 0.407 bits per heavy atom. The highest BCUT2D eigenvalue weighted by molar-refractivity contribution is 7.45. The topological polar surface area (TPSA) is 108 Å². The summed E-state index contributed by atoms with van der Waals surface area (Å²) < 4.78 is 23.5. The highest BCUT2D eigenvalue weighted by atomic mass is 31.2. The molecule has 3 atom stereocenters. The Morgan fingerprint density at radius 3 is 0.977 bits per heavy atom. The first-order valence-electron chi connectivity index (χ1n) is 38.0. The molecule has 2 N–H and O–H groups in total. The van der Waals surface area contributed by atoms with Gasteiger partial charge in [0.05, 0.1) is 39.9 Å². The summed E-state index contributed by atoms with van der Waals surface area (Å²) in [6.45, 7) is 4.70. The van der Waals surface area contributed by atoms with E-state index in [1.165, 1.54) is 315 Å². The fourth-order valence-corrected chi connectivity index (χ4v) is 12.4. The molecule has 0 aliphatic rings. The van der Waals surface area contributed by atoms with Crippen LogP contribution in [0.1, 0.15) is 386 Å². The Balaban J connectivity index is 3.97. The molecule has 9 heteroatoms. The number of phosphoric ester groups is 1. The van der Waals surface area contributed by atoms with E-state index in [1.54, 1.807) is 6.08 Å². The van der Waals surface area contributed by atoms with Gasteiger partial charge in [-0.1, -0.05) is 371 Å². The lowest BCUT2D eigenvalue weighted by atomic mass is 10.0. The molecule has 0 aromatic rings. The number of likely N-dealkylation sites (N-methyl/N-ethyl adjacent to an activating group) is 1. The summed E-state index contributed by atoms with van der Waals surface area (Å²) in [7, 11) is 1.28. The normalized spacial score (nSPS) is 13.8. The molecule has 0 aromatic heterocycles. The number of aliphatic hydroxyl groups is 1. The van der Waals surface area contributed by atoms with Crippen LogP contribution in [0, 0.1) is 0 Å². The molecule has 0 aliphatic heterocycles. The molecule has 86 heavy (non-hydrogen) atoms. The summed E-state index contributed by atoms with van der Waals surface area (Å²) >= 11 is 0. The molecule has 508 valence electrons. The fourth-order valence-electron chi connectivity index (χ4n) is 11.6. The summed E-state index contributed by atoms with van der Waals surface area (Å²) in [5, 5.41) is 14.0. The average Bonchev–Trinajstić information content (AvgIpc) is 3.70. The van der Waals surface area contributed by atoms with Gasteiger partial charge in [0.15, 0.2) is 0 Å². The predicted octanol–water partition coefficient (Wildman–Crippen LogP) is 23.9. The number of nitrogens with one attached hydrogen (secondary N) is 1. The summed E-state index contributed by atoms with van der Waals surface area (Å²) in [6.07, 6.45) is 92.6. The molecule has 0 rings (SSSR count). The molecule has 0 bridgehead atoms. The Bertz CT molecular complexity index is 1540. The molecule has 8 nitrogen and oxygen atoms in total. The van der Waals surface area contributed by atoms with Crippen molar-refractivity contribution >= 4 is 13.7 Å². The third-order valence-electron chi connectivity index (χ3n) is 17.5. The predicted molar refractivity (Wildman–Crippen MR) is 376 cm³/mol. The number of hydrogen-bond acceptors (Lipinski definition) is 6. The van der Waals surface area contributed by atoms with E-state index in [0.717, 1.165) is 51.4 Å². The number of hydrogen-bond donors (Lipinski definition) is 2. The smallest absolute Gasteiger partial charge is 0.268 e. The van der Waals surface area contributed by atoms with E-state index in [-0.39, 0.29) is 19.1 Å². The zero-order valence-corrected chi connectivity index (χ0v) is 59.2. The van der Waals surface area contributed by atoms with E-state index >= 15 is 0 Å². The number of rotatable bonds is 71. The number of carbonyl (C=O) groups excluding carboxylic acids is 1. The van der Waals surface area contributed by atoms with Gasteiger partial charge >= 0.3 is 0 Å². The van der Waals surface area contributed by atoms with Gasteiger partial charge in [-0.25, -0.2) is 0 Å². The van der Waals surface area contributed by atoms with Gasteiger partial charge in [-0.15, -0.1) is 0 Å². The first-order chi connectivity index (χ1) is 42.0. The van der Waals surface area contributed by atoms with Crippen molar-refractivity contribution in [2.24, 2.45) is 0 Å². The van der Waals surface area contributed by atoms with Gasteiger partial charge in [0.1, 0.15) is 13.2 Å². The first-order valence-corrected chi connectivity index (χ1v) is 39.5. The average molecular weight is 1230 g/mol. The summed E-state index contributed by atoms with van der Waals surface area (Å²) in [5.74, 6) is -0.189. The third kappa shape index (κ3) is 69.9. The minimum atomic E-state index is -4.60. The summed E-state index contributed by atoms with van der Waals surface area (Å²) in [4.78, 5) is 25.7. The van der Waals surface area contributed by atoms with Crippen molar-refractivity contribution < 1.29 is 32.9 Å². The molecule has 1 amide bonds. The molecule has 0 aromatic carbocycles. The number of allylic oxidation sites excluding steroid dienone is 7. The van der Waals surface area contributed by atoms with Gasteiger partial charge in [-0.2, -0.15) is 0 Å². The van der Waals surface area contributed by atoms with Crippen LogP contribution in [0.5, 0.6) is 0 Å². The van der Waals surface area contributed by atoms with Crippen molar-refractivity contribution in [3.63, 3.8) is 0 Å². The molecular formula is C77H149N2O6P. The monoisotopic (exact) mass is 1230 g/mol. The second-order valence-electron chi connectivity index (χ2n) is 27.4. The van der Waals surface area contributed by atoms with Crippen LogP contribution in [0.25, 0.3) is 0 Å². The number of quaternary nitrogens is 1. The number of phosphoric acid groups is 1. The molecule has 0 radical (unpaired) electrons. The zero-order chi connectivity index (χ0) is 62.6. The van der Waals surface area contributed by atoms with Crippen LogP contribution in [-0.4, -0.2) is 68.5 Å². The second-order valence-corrected chi connectivity index (χ2v) is 28.8. The quantitative estimate of drug-likeness (QED) is 0.0272. The number of carbonyl (C=O) groups is 1. The Kier molecular flexibility index (Phi) is 66.6. The first kappa shape index (κ1) is 84.5. The summed E-state index contributed by atoms with van der Waals surface area (Å²) in [6, 6.07) is -0.887. The highest BCUT2D eigenvalue weighted by Gasteiger charge is 2.23. The standard InChI is InChI=1S/C77H149N2O6P/c1-6-8-10-12-14-16-18-20-22-24-26-28-30-32-34-35-36-37-38-39-40-41-42-43-45-47-49-51-53-55-57-59-61-63-65-67-69-71-77(81)78-75(74-85-86(82,83)84-73-72-79(3,4)5)76(80)70-68-66-64-62-60-58-56-54-52-50-48-46-44-33-31-29-27-25-23-21-19-17-15-13-11-9-7-2/h18,20,24,26,30,32,68,70,75-76,80H,6-17,19,21-23,25,27-29,31,33-67,69,71-74H2,1-5H3,(H-,78,81,82,83)/b20-18-,26-24-,32-30-,70-68+. The molecular weight excluding hydrogens is 1080 g/mol. The number of unbranched alkanes of at least 4 members (excludes halogenated alkanes) is 52. The summed E-state index contributed by atoms with van der Waals surface area (Å²) in [5.41, 5.74) is 0. The Hall–Kier alpha value is -1.54. The maximum Gasteiger partial charge on any atom is 0.268 e. The van der Waals surface area contributed by atoms with Crippen molar-refractivity contribution in [3.8, 4) is 0 Å². The van der Waals surface area contributed by atoms with Crippen LogP contribution in [0.3, 0.4) is 0 Å². The number of amides is 1. The lowest BCUT2D eigenvalue weighted by molar-refractivity contribution is -0.870. The van der Waals surface area contributed by atoms with Crippen LogP contribution < -0.4 is 10.2 Å². The van der Waals surface area contributed by atoms with Gasteiger partial charge in [-0.05, 0) is 57.8 Å².